The fourth-order valence-corrected chi connectivity index (χ4v) is 10.5. The van der Waals surface area contributed by atoms with Crippen LogP contribution in [0.4, 0.5) is 14.9 Å². The van der Waals surface area contributed by atoms with E-state index in [1.165, 1.54) is 63.1 Å². The summed E-state index contributed by atoms with van der Waals surface area (Å²) in [4.78, 5) is 32.9. The van der Waals surface area contributed by atoms with Crippen LogP contribution in [0.5, 0.6) is 11.5 Å². The number of hydrogen-bond donors (Lipinski definition) is 2. The number of benzene rings is 3. The number of aliphatic hydroxyl groups excluding tert-OH is 2. The highest BCUT2D eigenvalue weighted by atomic mass is 19.1. The molecule has 1 aliphatic heterocycles. The molecule has 6 atom stereocenters. The molecule has 3 aromatic rings. The van der Waals surface area contributed by atoms with E-state index in [4.69, 9.17) is 28.9 Å². The maximum atomic E-state index is 14.8. The second kappa shape index (κ2) is 27.2. The Morgan fingerprint density at radius 3 is 2.30 bits per heavy atom. The second-order valence-corrected chi connectivity index (χ2v) is 18.8. The molecule has 0 radical (unpaired) electrons. The Kier molecular flexibility index (Phi) is 20.9. The monoisotopic (exact) mass is 956 g/mol. The Labute approximate surface area is 407 Å². The summed E-state index contributed by atoms with van der Waals surface area (Å²) in [5.74, 6) is -1.62. The molecular weight excluding hydrogens is 882 g/mol. The third-order valence-electron chi connectivity index (χ3n) is 14.0. The van der Waals surface area contributed by atoms with Gasteiger partial charge in [0, 0.05) is 55.9 Å². The standard InChI is InChI=1S/C55H74FN3O10/c1-4-6-7-8-9-10-11-12-13-20-34-65-54(62)58(3)51-37-49(57-68-38-40-25-27-43(28-26-40)59(63)64)46-35-41(21-16-18-31-60)45(23-17-19-32-61)52-47-36-44(66-39-42-22-14-15-24-48(42)56)29-30-50(47)69-55(51,53(46)52)67-33-5-2/h5,14-15,22,24-30,35-36,41,45,51-53,60-61H,2,4,6-13,16-21,23,31-34,37-39H2,1,3H3. The molecule has 3 aromatic carbocycles. The van der Waals surface area contributed by atoms with Gasteiger partial charge in [0.05, 0.1) is 29.8 Å². The first-order valence-electron chi connectivity index (χ1n) is 25.3. The highest BCUT2D eigenvalue weighted by Crippen LogP contribution is 2.62. The molecule has 13 nitrogen and oxygen atoms in total. The van der Waals surface area contributed by atoms with Crippen molar-refractivity contribution in [1.29, 1.82) is 0 Å². The number of halogens is 1. The molecule has 69 heavy (non-hydrogen) atoms. The van der Waals surface area contributed by atoms with Gasteiger partial charge in [0.15, 0.2) is 0 Å². The van der Waals surface area contributed by atoms with Crippen LogP contribution in [0.2, 0.25) is 0 Å². The summed E-state index contributed by atoms with van der Waals surface area (Å²) < 4.78 is 41.3. The lowest BCUT2D eigenvalue weighted by Gasteiger charge is -2.59. The molecule has 0 spiro atoms. The molecule has 0 bridgehead atoms. The van der Waals surface area contributed by atoms with Gasteiger partial charge in [-0.15, -0.1) is 6.58 Å². The van der Waals surface area contributed by atoms with Gasteiger partial charge in [-0.2, -0.15) is 0 Å². The number of nitrogens with zero attached hydrogens (tertiary/aromatic N) is 3. The number of aliphatic hydroxyl groups is 2. The molecule has 0 aromatic heterocycles. The van der Waals surface area contributed by atoms with E-state index in [1.807, 2.05) is 18.2 Å². The smallest absolute Gasteiger partial charge is 0.409 e. The Hall–Kier alpha value is -5.31. The van der Waals surface area contributed by atoms with Crippen LogP contribution in [0, 0.1) is 33.7 Å². The average molecular weight is 956 g/mol. The van der Waals surface area contributed by atoms with E-state index in [2.05, 4.69) is 19.6 Å². The molecule has 1 heterocycles. The minimum atomic E-state index is -1.47. The lowest BCUT2D eigenvalue weighted by Crippen LogP contribution is -2.69. The van der Waals surface area contributed by atoms with Crippen molar-refractivity contribution in [2.45, 2.75) is 147 Å². The van der Waals surface area contributed by atoms with Crippen LogP contribution < -0.4 is 9.47 Å². The summed E-state index contributed by atoms with van der Waals surface area (Å²) in [5.41, 5.74) is 3.40. The zero-order chi connectivity index (χ0) is 49.0. The van der Waals surface area contributed by atoms with Crippen molar-refractivity contribution in [3.63, 3.8) is 0 Å². The minimum absolute atomic E-state index is 0.00212. The molecule has 1 amide bonds. The number of allylic oxidation sites excluding steroid dienone is 1. The highest BCUT2D eigenvalue weighted by Gasteiger charge is 2.65. The lowest BCUT2D eigenvalue weighted by molar-refractivity contribution is -0.384. The van der Waals surface area contributed by atoms with Crippen LogP contribution in [-0.2, 0) is 27.5 Å². The number of unbranched alkanes of at least 4 members (excludes halogenated alkanes) is 11. The average Bonchev–Trinajstić information content (AvgIpc) is 3.35. The second-order valence-electron chi connectivity index (χ2n) is 18.8. The van der Waals surface area contributed by atoms with Crippen LogP contribution in [0.15, 0.2) is 96.2 Å². The third kappa shape index (κ3) is 13.9. The quantitative estimate of drug-likeness (QED) is 0.0285. The fraction of sp³-hybridized carbons (Fsp3) is 0.564. The van der Waals surface area contributed by atoms with E-state index in [0.29, 0.717) is 41.2 Å². The zero-order valence-corrected chi connectivity index (χ0v) is 40.7. The summed E-state index contributed by atoms with van der Waals surface area (Å²) in [7, 11) is 1.71. The number of hydrogen-bond acceptors (Lipinski definition) is 11. The maximum absolute atomic E-state index is 14.8. The maximum Gasteiger partial charge on any atom is 0.409 e. The molecule has 3 aliphatic rings. The van der Waals surface area contributed by atoms with E-state index in [0.717, 1.165) is 56.1 Å². The summed E-state index contributed by atoms with van der Waals surface area (Å²) >= 11 is 0. The summed E-state index contributed by atoms with van der Waals surface area (Å²) in [6, 6.07) is 17.5. The number of rotatable bonds is 30. The number of amides is 1. The van der Waals surface area contributed by atoms with Crippen molar-refractivity contribution in [2.75, 3.05) is 33.5 Å². The normalized spacial score (nSPS) is 21.9. The van der Waals surface area contributed by atoms with Gasteiger partial charge < -0.3 is 38.9 Å². The molecule has 2 N–H and O–H groups in total. The Morgan fingerprint density at radius 1 is 0.928 bits per heavy atom. The molecule has 0 saturated heterocycles. The molecule has 376 valence electrons. The Bertz CT molecular complexity index is 2170. The summed E-state index contributed by atoms with van der Waals surface area (Å²) in [6.45, 7) is 6.77. The number of fused-ring (bicyclic) bond motifs is 2. The molecule has 2 aliphatic carbocycles. The predicted molar refractivity (Wildman–Crippen MR) is 265 cm³/mol. The lowest BCUT2D eigenvalue weighted by atomic mass is 9.55. The number of nitro groups is 1. The number of non-ortho nitro benzene ring substituents is 1. The molecule has 6 rings (SSSR count). The number of carbonyl (C=O) groups excluding carboxylic acids is 1. The zero-order valence-electron chi connectivity index (χ0n) is 40.7. The van der Waals surface area contributed by atoms with Crippen molar-refractivity contribution in [3.8, 4) is 11.5 Å². The first-order valence-corrected chi connectivity index (χ1v) is 25.3. The topological polar surface area (TPSA) is 162 Å². The van der Waals surface area contributed by atoms with E-state index in [9.17, 15) is 29.5 Å². The molecule has 14 heteroatoms. The third-order valence-corrected chi connectivity index (χ3v) is 14.0. The van der Waals surface area contributed by atoms with Crippen molar-refractivity contribution in [1.82, 2.24) is 4.90 Å². The number of carbonyl (C=O) groups is 1. The molecular formula is C55H74FN3O10. The molecule has 6 unspecified atom stereocenters. The van der Waals surface area contributed by atoms with E-state index in [1.54, 1.807) is 48.4 Å². The number of likely N-dealkylation sites (N-methyl/N-ethyl adjacent to an activating group) is 1. The van der Waals surface area contributed by atoms with Gasteiger partial charge in [-0.05, 0) is 91.5 Å². The summed E-state index contributed by atoms with van der Waals surface area (Å²) in [5, 5.41) is 36.1. The van der Waals surface area contributed by atoms with Gasteiger partial charge >= 0.3 is 6.09 Å². The van der Waals surface area contributed by atoms with Crippen LogP contribution in [0.3, 0.4) is 0 Å². The van der Waals surface area contributed by atoms with Crippen LogP contribution in [0.1, 0.15) is 139 Å². The van der Waals surface area contributed by atoms with Crippen LogP contribution >= 0.6 is 0 Å². The van der Waals surface area contributed by atoms with Gasteiger partial charge in [0.1, 0.15) is 36.6 Å². The van der Waals surface area contributed by atoms with Gasteiger partial charge in [0.2, 0.25) is 5.79 Å². The van der Waals surface area contributed by atoms with Crippen LogP contribution in [0.25, 0.3) is 0 Å². The first kappa shape index (κ1) is 53.0. The first-order chi connectivity index (χ1) is 33.6. The van der Waals surface area contributed by atoms with Gasteiger partial charge in [-0.25, -0.2) is 9.18 Å². The SMILES string of the molecule is C=CCOC12Oc3ccc(OCc4ccccc4F)cc3C3C(CCCCO)C(CCCCO)C=C(C(=NOCc4ccc([N+](=O)[O-])cc4)CC1N(C)C(=O)OCCCCCCCCCCCC)C32. The van der Waals surface area contributed by atoms with Gasteiger partial charge in [0.25, 0.3) is 5.69 Å². The van der Waals surface area contributed by atoms with Gasteiger partial charge in [-0.1, -0.05) is 113 Å². The van der Waals surface area contributed by atoms with Gasteiger partial charge in [-0.3, -0.25) is 10.1 Å². The highest BCUT2D eigenvalue weighted by molar-refractivity contribution is 6.03. The summed E-state index contributed by atoms with van der Waals surface area (Å²) in [6.07, 6.45) is 19.4. The van der Waals surface area contributed by atoms with Crippen molar-refractivity contribution in [2.24, 2.45) is 22.9 Å². The van der Waals surface area contributed by atoms with E-state index >= 15 is 0 Å². The molecule has 1 fully saturated rings. The predicted octanol–water partition coefficient (Wildman–Crippen LogP) is 12.1. The van der Waals surface area contributed by atoms with E-state index in [-0.39, 0.29) is 75.3 Å². The fourth-order valence-electron chi connectivity index (χ4n) is 10.5. The largest absolute Gasteiger partial charge is 0.489 e. The Morgan fingerprint density at radius 2 is 1.62 bits per heavy atom. The van der Waals surface area contributed by atoms with Crippen molar-refractivity contribution in [3.05, 3.63) is 124 Å². The van der Waals surface area contributed by atoms with Crippen molar-refractivity contribution < 1.29 is 48.1 Å². The number of oxime groups is 1. The van der Waals surface area contributed by atoms with Crippen molar-refractivity contribution >= 4 is 17.5 Å². The number of nitro benzene ring substituents is 1. The van der Waals surface area contributed by atoms with E-state index < -0.39 is 28.8 Å². The van der Waals surface area contributed by atoms with Crippen LogP contribution in [-0.4, -0.2) is 77.1 Å². The Balaban J connectivity index is 1.39. The molecule has 1 saturated carbocycles. The minimum Gasteiger partial charge on any atom is -0.489 e. The number of ether oxygens (including phenoxy) is 4.